The third kappa shape index (κ3) is 1.50. The molecule has 0 unspecified atom stereocenters. The van der Waals surface area contributed by atoms with Crippen LogP contribution in [0.5, 0.6) is 0 Å². The monoisotopic (exact) mass is 292 g/mol. The van der Waals surface area contributed by atoms with Crippen LogP contribution >= 0.6 is 0 Å². The SMILES string of the molecule is Cc1ccc(F)c2c1-c1c3c(cccc3cc[n+]1C)C2(C)C. The number of halogens is 1. The van der Waals surface area contributed by atoms with Gasteiger partial charge in [-0.1, -0.05) is 38.1 Å². The van der Waals surface area contributed by atoms with Gasteiger partial charge in [-0.25, -0.2) is 8.96 Å². The third-order valence-electron chi connectivity index (χ3n) is 5.06. The Morgan fingerprint density at radius 2 is 1.82 bits per heavy atom. The number of nitrogens with zero attached hydrogens (tertiary/aromatic N) is 1. The zero-order chi connectivity index (χ0) is 15.6. The molecule has 0 fully saturated rings. The van der Waals surface area contributed by atoms with E-state index < -0.39 is 0 Å². The molecule has 110 valence electrons. The van der Waals surface area contributed by atoms with Crippen LogP contribution in [0.1, 0.15) is 30.5 Å². The number of fused-ring (bicyclic) bond motifs is 2. The molecule has 2 aromatic carbocycles. The molecule has 0 spiro atoms. The van der Waals surface area contributed by atoms with Gasteiger partial charge in [0.05, 0.1) is 10.9 Å². The lowest BCUT2D eigenvalue weighted by Crippen LogP contribution is -2.36. The summed E-state index contributed by atoms with van der Waals surface area (Å²) < 4.78 is 16.9. The van der Waals surface area contributed by atoms with Gasteiger partial charge in [0, 0.05) is 17.0 Å². The van der Waals surface area contributed by atoms with Gasteiger partial charge in [-0.05, 0) is 29.5 Å². The molecule has 0 aliphatic heterocycles. The minimum atomic E-state index is -0.341. The van der Waals surface area contributed by atoms with Crippen LogP contribution in [0.4, 0.5) is 4.39 Å². The van der Waals surface area contributed by atoms with Crippen molar-refractivity contribution >= 4 is 10.8 Å². The number of aryl methyl sites for hydroxylation is 2. The van der Waals surface area contributed by atoms with Crippen LogP contribution in [0, 0.1) is 12.7 Å². The highest BCUT2D eigenvalue weighted by Gasteiger charge is 2.40. The smallest absolute Gasteiger partial charge is 0.207 e. The fourth-order valence-electron chi connectivity index (χ4n) is 3.97. The highest BCUT2D eigenvalue weighted by Crippen LogP contribution is 2.48. The fourth-order valence-corrected chi connectivity index (χ4v) is 3.97. The second kappa shape index (κ2) is 4.16. The molecule has 1 heterocycles. The maximum atomic E-state index is 14.7. The Morgan fingerprint density at radius 3 is 2.59 bits per heavy atom. The molecule has 22 heavy (non-hydrogen) atoms. The second-order valence-electron chi connectivity index (χ2n) is 6.78. The van der Waals surface area contributed by atoms with Crippen LogP contribution in [-0.2, 0) is 12.5 Å². The lowest BCUT2D eigenvalue weighted by molar-refractivity contribution is -0.659. The molecule has 3 aromatic rings. The molecule has 0 atom stereocenters. The van der Waals surface area contributed by atoms with Crippen molar-refractivity contribution in [2.24, 2.45) is 7.05 Å². The maximum absolute atomic E-state index is 14.7. The zero-order valence-electron chi connectivity index (χ0n) is 13.4. The first kappa shape index (κ1) is 13.4. The van der Waals surface area contributed by atoms with Gasteiger partial charge >= 0.3 is 0 Å². The number of hydrogen-bond acceptors (Lipinski definition) is 0. The van der Waals surface area contributed by atoms with E-state index in [0.717, 1.165) is 22.4 Å². The van der Waals surface area contributed by atoms with Crippen molar-refractivity contribution in [1.82, 2.24) is 0 Å². The Balaban J connectivity index is 2.35. The molecule has 4 rings (SSSR count). The zero-order valence-corrected chi connectivity index (χ0v) is 13.4. The van der Waals surface area contributed by atoms with Crippen molar-refractivity contribution in [3.63, 3.8) is 0 Å². The molecular formula is C20H19FN+. The van der Waals surface area contributed by atoms with Gasteiger partial charge in [0.1, 0.15) is 12.9 Å². The summed E-state index contributed by atoms with van der Waals surface area (Å²) >= 11 is 0. The van der Waals surface area contributed by atoms with E-state index in [9.17, 15) is 4.39 Å². The van der Waals surface area contributed by atoms with Gasteiger partial charge in [-0.2, -0.15) is 0 Å². The van der Waals surface area contributed by atoms with Crippen molar-refractivity contribution < 1.29 is 8.96 Å². The molecule has 0 N–H and O–H groups in total. The van der Waals surface area contributed by atoms with Crippen molar-refractivity contribution in [1.29, 1.82) is 0 Å². The summed E-state index contributed by atoms with van der Waals surface area (Å²) in [5, 5.41) is 2.46. The van der Waals surface area contributed by atoms with Gasteiger partial charge in [0.2, 0.25) is 5.69 Å². The molecule has 1 aromatic heterocycles. The molecule has 1 nitrogen and oxygen atoms in total. The molecule has 1 aliphatic rings. The molecule has 0 bridgehead atoms. The number of benzene rings is 2. The van der Waals surface area contributed by atoms with Crippen LogP contribution in [0.15, 0.2) is 42.6 Å². The van der Waals surface area contributed by atoms with Crippen LogP contribution in [0.3, 0.4) is 0 Å². The van der Waals surface area contributed by atoms with Crippen LogP contribution in [0.2, 0.25) is 0 Å². The first-order valence-electron chi connectivity index (χ1n) is 7.64. The molecule has 2 heteroatoms. The molecule has 0 radical (unpaired) electrons. The largest absolute Gasteiger partial charge is 0.221 e. The van der Waals surface area contributed by atoms with E-state index in [1.54, 1.807) is 6.07 Å². The Kier molecular flexibility index (Phi) is 2.54. The predicted molar refractivity (Wildman–Crippen MR) is 87.4 cm³/mol. The van der Waals surface area contributed by atoms with Gasteiger partial charge in [-0.3, -0.25) is 0 Å². The maximum Gasteiger partial charge on any atom is 0.221 e. The van der Waals surface area contributed by atoms with Crippen molar-refractivity contribution in [2.45, 2.75) is 26.2 Å². The summed E-state index contributed by atoms with van der Waals surface area (Å²) in [4.78, 5) is 0. The van der Waals surface area contributed by atoms with E-state index in [1.165, 1.54) is 16.3 Å². The van der Waals surface area contributed by atoms with E-state index in [2.05, 4.69) is 55.8 Å². The number of hydrogen-bond donors (Lipinski definition) is 0. The average molecular weight is 292 g/mol. The Hall–Kier alpha value is -2.22. The number of aromatic nitrogens is 1. The molecule has 1 aliphatic carbocycles. The van der Waals surface area contributed by atoms with E-state index in [-0.39, 0.29) is 11.2 Å². The highest BCUT2D eigenvalue weighted by atomic mass is 19.1. The Labute approximate surface area is 130 Å². The third-order valence-corrected chi connectivity index (χ3v) is 5.06. The average Bonchev–Trinajstić information content (AvgIpc) is 2.48. The predicted octanol–water partition coefficient (Wildman–Crippen LogP) is 4.42. The van der Waals surface area contributed by atoms with Crippen LogP contribution in [0.25, 0.3) is 22.0 Å². The molecule has 0 saturated heterocycles. The first-order chi connectivity index (χ1) is 10.4. The summed E-state index contributed by atoms with van der Waals surface area (Å²) in [6.45, 7) is 6.32. The van der Waals surface area contributed by atoms with Gasteiger partial charge < -0.3 is 0 Å². The minimum Gasteiger partial charge on any atom is -0.207 e. The standard InChI is InChI=1S/C20H19FN/c1-12-8-9-15(21)18-16(12)19-17-13(10-11-22(19)4)6-5-7-14(17)20(18,2)3/h5-11H,1-4H3/q+1. The molecular weight excluding hydrogens is 273 g/mol. The summed E-state index contributed by atoms with van der Waals surface area (Å²) in [5.41, 5.74) is 4.98. The summed E-state index contributed by atoms with van der Waals surface area (Å²) in [6.07, 6.45) is 2.06. The molecule has 0 amide bonds. The van der Waals surface area contributed by atoms with Gasteiger partial charge in [0.25, 0.3) is 0 Å². The summed E-state index contributed by atoms with van der Waals surface area (Å²) in [5.74, 6) is -0.114. The van der Waals surface area contributed by atoms with Crippen molar-refractivity contribution in [3.05, 3.63) is 65.1 Å². The number of pyridine rings is 1. The lowest BCUT2D eigenvalue weighted by atomic mass is 9.68. The van der Waals surface area contributed by atoms with Gasteiger partial charge in [0.15, 0.2) is 6.20 Å². The Morgan fingerprint density at radius 1 is 1.05 bits per heavy atom. The van der Waals surface area contributed by atoms with Crippen LogP contribution in [-0.4, -0.2) is 0 Å². The van der Waals surface area contributed by atoms with Crippen LogP contribution < -0.4 is 4.57 Å². The number of rotatable bonds is 0. The van der Waals surface area contributed by atoms with E-state index in [4.69, 9.17) is 0 Å². The molecule has 0 saturated carbocycles. The second-order valence-corrected chi connectivity index (χ2v) is 6.78. The van der Waals surface area contributed by atoms with E-state index in [1.807, 2.05) is 13.1 Å². The summed E-state index contributed by atoms with van der Waals surface area (Å²) in [6, 6.07) is 12.0. The highest BCUT2D eigenvalue weighted by molar-refractivity contribution is 6.00. The Bertz CT molecular complexity index is 938. The summed E-state index contributed by atoms with van der Waals surface area (Å²) in [7, 11) is 2.04. The topological polar surface area (TPSA) is 3.88 Å². The quantitative estimate of drug-likeness (QED) is 0.540. The van der Waals surface area contributed by atoms with Crippen molar-refractivity contribution in [2.75, 3.05) is 0 Å². The lowest BCUT2D eigenvalue weighted by Gasteiger charge is -2.34. The van der Waals surface area contributed by atoms with E-state index >= 15 is 0 Å². The normalized spacial score (nSPS) is 15.0. The first-order valence-corrected chi connectivity index (χ1v) is 7.64. The minimum absolute atomic E-state index is 0.114. The van der Waals surface area contributed by atoms with E-state index in [0.29, 0.717) is 0 Å². The van der Waals surface area contributed by atoms with Gasteiger partial charge in [-0.15, -0.1) is 0 Å². The fraction of sp³-hybridized carbons (Fsp3) is 0.250. The van der Waals surface area contributed by atoms with Crippen molar-refractivity contribution in [3.8, 4) is 11.3 Å².